The summed E-state index contributed by atoms with van der Waals surface area (Å²) in [5.74, 6) is -2.87. The average molecular weight is 433 g/mol. The lowest BCUT2D eigenvalue weighted by atomic mass is 10.0. The monoisotopic (exact) mass is 433 g/mol. The van der Waals surface area contributed by atoms with Gasteiger partial charge in [-0.3, -0.25) is 9.78 Å². The van der Waals surface area contributed by atoms with Gasteiger partial charge in [0.25, 0.3) is 0 Å². The van der Waals surface area contributed by atoms with Crippen molar-refractivity contribution >= 4 is 33.8 Å². The van der Waals surface area contributed by atoms with E-state index in [1.54, 1.807) is 24.7 Å². The number of nitrogens with two attached hydrogens (primary N) is 1. The van der Waals surface area contributed by atoms with Gasteiger partial charge in [0.1, 0.15) is 16.5 Å². The molecule has 4 aromatic heterocycles. The predicted octanol–water partition coefficient (Wildman–Crippen LogP) is 4.84. The lowest BCUT2D eigenvalue weighted by Crippen LogP contribution is -2.09. The Labute approximate surface area is 178 Å². The second-order valence-electron chi connectivity index (χ2n) is 6.76. The molecule has 5 rings (SSSR count). The number of fused-ring (bicyclic) bond motifs is 1. The van der Waals surface area contributed by atoms with Crippen molar-refractivity contribution in [2.75, 3.05) is 5.73 Å². The van der Waals surface area contributed by atoms with E-state index in [1.807, 2.05) is 17.5 Å². The second kappa shape index (κ2) is 7.37. The number of pyridine rings is 2. The molecule has 3 N–H and O–H groups in total. The number of nitrogens with one attached hydrogen (secondary N) is 1. The van der Waals surface area contributed by atoms with Crippen molar-refractivity contribution in [2.45, 2.75) is 0 Å². The number of aromatic nitrogens is 4. The summed E-state index contributed by atoms with van der Waals surface area (Å²) >= 11 is 1.45. The summed E-state index contributed by atoms with van der Waals surface area (Å²) in [6, 6.07) is 7.51. The van der Waals surface area contributed by atoms with E-state index in [0.717, 1.165) is 22.7 Å². The first-order valence-corrected chi connectivity index (χ1v) is 10.0. The zero-order valence-electron chi connectivity index (χ0n) is 15.8. The maximum absolute atomic E-state index is 14.4. The molecule has 0 fully saturated rings. The van der Waals surface area contributed by atoms with E-state index in [-0.39, 0.29) is 11.3 Å². The molecule has 4 heterocycles. The Bertz CT molecular complexity index is 1450. The van der Waals surface area contributed by atoms with E-state index >= 15 is 0 Å². The Hall–Kier alpha value is -3.98. The first-order chi connectivity index (χ1) is 15.0. The van der Waals surface area contributed by atoms with Crippen LogP contribution >= 0.6 is 11.3 Å². The molecule has 1 aromatic carbocycles. The smallest absolute Gasteiger partial charge is 0.201 e. The Morgan fingerprint density at radius 1 is 1.13 bits per heavy atom. The third-order valence-corrected chi connectivity index (χ3v) is 5.72. The third-order valence-electron chi connectivity index (χ3n) is 4.83. The normalized spacial score (nSPS) is 11.2. The number of nitrogens with zero attached hydrogens (tertiary/aromatic N) is 3. The van der Waals surface area contributed by atoms with Gasteiger partial charge in [-0.05, 0) is 30.3 Å². The molecule has 0 unspecified atom stereocenters. The van der Waals surface area contributed by atoms with Crippen molar-refractivity contribution in [1.82, 2.24) is 19.9 Å². The Morgan fingerprint density at radius 2 is 2.00 bits per heavy atom. The number of carbonyl (C=O) groups is 1. The molecule has 0 aliphatic rings. The van der Waals surface area contributed by atoms with Crippen LogP contribution in [-0.2, 0) is 0 Å². The van der Waals surface area contributed by atoms with Crippen LogP contribution in [-0.4, -0.2) is 25.7 Å². The SMILES string of the molecule is Nc1ccc(F)c(C(=O)c2c[nH]c3ncc(-c4csc(-c5cccnc5)n4)cc23)c1F. The molecule has 152 valence electrons. The van der Waals surface area contributed by atoms with Crippen LogP contribution in [0.3, 0.4) is 0 Å². The molecular formula is C22H13F2N5OS. The number of H-pyrrole nitrogens is 1. The largest absolute Gasteiger partial charge is 0.396 e. The summed E-state index contributed by atoms with van der Waals surface area (Å²) in [5, 5.41) is 3.09. The Morgan fingerprint density at radius 3 is 2.81 bits per heavy atom. The molecule has 0 spiro atoms. The highest BCUT2D eigenvalue weighted by Crippen LogP contribution is 2.31. The van der Waals surface area contributed by atoms with E-state index in [1.165, 1.54) is 17.5 Å². The van der Waals surface area contributed by atoms with Gasteiger partial charge in [0.15, 0.2) is 5.82 Å². The van der Waals surface area contributed by atoms with Crippen molar-refractivity contribution in [2.24, 2.45) is 0 Å². The summed E-state index contributed by atoms with van der Waals surface area (Å²) in [6.07, 6.45) is 6.42. The minimum Gasteiger partial charge on any atom is -0.396 e. The molecule has 5 aromatic rings. The number of ketones is 1. The first-order valence-electron chi connectivity index (χ1n) is 9.14. The summed E-state index contributed by atoms with van der Waals surface area (Å²) < 4.78 is 28.6. The van der Waals surface area contributed by atoms with Crippen LogP contribution in [0.5, 0.6) is 0 Å². The lowest BCUT2D eigenvalue weighted by molar-refractivity contribution is 0.103. The average Bonchev–Trinajstić information content (AvgIpc) is 3.44. The number of hydrogen-bond donors (Lipinski definition) is 2. The molecule has 0 saturated heterocycles. The molecule has 0 aliphatic carbocycles. The summed E-state index contributed by atoms with van der Waals surface area (Å²) in [4.78, 5) is 28.9. The standard InChI is InChI=1S/C22H13F2N5OS/c23-15-3-4-16(25)19(24)18(15)20(30)14-9-28-21-13(14)6-12(8-27-21)17-10-31-22(29-17)11-2-1-5-26-7-11/h1-10H,25H2,(H,27,28). The zero-order valence-corrected chi connectivity index (χ0v) is 16.6. The van der Waals surface area contributed by atoms with Crippen LogP contribution < -0.4 is 5.73 Å². The molecule has 0 radical (unpaired) electrons. The highest BCUT2D eigenvalue weighted by molar-refractivity contribution is 7.13. The molecular weight excluding hydrogens is 420 g/mol. The molecule has 0 saturated carbocycles. The van der Waals surface area contributed by atoms with Crippen LogP contribution in [0, 0.1) is 11.6 Å². The van der Waals surface area contributed by atoms with Gasteiger partial charge >= 0.3 is 0 Å². The first kappa shape index (κ1) is 19.0. The minimum atomic E-state index is -1.08. The number of anilines is 1. The summed E-state index contributed by atoms with van der Waals surface area (Å²) in [7, 11) is 0. The van der Waals surface area contributed by atoms with Gasteiger partial charge in [-0.2, -0.15) is 0 Å². The lowest BCUT2D eigenvalue weighted by Gasteiger charge is -2.06. The van der Waals surface area contributed by atoms with E-state index in [0.29, 0.717) is 22.3 Å². The zero-order chi connectivity index (χ0) is 21.5. The number of nitrogen functional groups attached to an aromatic ring is 1. The highest BCUT2D eigenvalue weighted by Gasteiger charge is 2.24. The maximum Gasteiger partial charge on any atom is 0.201 e. The number of benzene rings is 1. The predicted molar refractivity (Wildman–Crippen MR) is 115 cm³/mol. The van der Waals surface area contributed by atoms with Crippen molar-refractivity contribution < 1.29 is 13.6 Å². The fraction of sp³-hybridized carbons (Fsp3) is 0. The molecule has 0 atom stereocenters. The molecule has 0 amide bonds. The van der Waals surface area contributed by atoms with Crippen LogP contribution in [0.4, 0.5) is 14.5 Å². The van der Waals surface area contributed by atoms with Gasteiger partial charge in [0, 0.05) is 52.2 Å². The van der Waals surface area contributed by atoms with E-state index < -0.39 is 23.0 Å². The summed E-state index contributed by atoms with van der Waals surface area (Å²) in [5.41, 5.74) is 7.25. The van der Waals surface area contributed by atoms with Gasteiger partial charge in [-0.25, -0.2) is 18.7 Å². The van der Waals surface area contributed by atoms with Gasteiger partial charge < -0.3 is 10.7 Å². The molecule has 9 heteroatoms. The van der Waals surface area contributed by atoms with Crippen LogP contribution in [0.25, 0.3) is 32.9 Å². The quantitative estimate of drug-likeness (QED) is 0.312. The number of carbonyl (C=O) groups excluding carboxylic acids is 1. The number of rotatable bonds is 4. The molecule has 0 bridgehead atoms. The Balaban J connectivity index is 1.58. The van der Waals surface area contributed by atoms with Gasteiger partial charge in [-0.1, -0.05) is 0 Å². The van der Waals surface area contributed by atoms with Gasteiger partial charge in [-0.15, -0.1) is 11.3 Å². The number of halogens is 2. The second-order valence-corrected chi connectivity index (χ2v) is 7.61. The molecule has 31 heavy (non-hydrogen) atoms. The highest BCUT2D eigenvalue weighted by atomic mass is 32.1. The maximum atomic E-state index is 14.4. The van der Waals surface area contributed by atoms with E-state index in [2.05, 4.69) is 19.9 Å². The topological polar surface area (TPSA) is 97.6 Å². The number of thiazole rings is 1. The third kappa shape index (κ3) is 3.24. The van der Waals surface area contributed by atoms with Crippen molar-refractivity contribution in [3.05, 3.63) is 83.3 Å². The van der Waals surface area contributed by atoms with Crippen LogP contribution in [0.2, 0.25) is 0 Å². The fourth-order valence-electron chi connectivity index (χ4n) is 3.27. The van der Waals surface area contributed by atoms with E-state index in [9.17, 15) is 13.6 Å². The van der Waals surface area contributed by atoms with Gasteiger partial charge in [0.05, 0.1) is 16.9 Å². The Kier molecular flexibility index (Phi) is 4.52. The van der Waals surface area contributed by atoms with Gasteiger partial charge in [0.2, 0.25) is 5.78 Å². The van der Waals surface area contributed by atoms with E-state index in [4.69, 9.17) is 5.73 Å². The van der Waals surface area contributed by atoms with Crippen LogP contribution in [0.1, 0.15) is 15.9 Å². The van der Waals surface area contributed by atoms with Crippen molar-refractivity contribution in [1.29, 1.82) is 0 Å². The molecule has 6 nitrogen and oxygen atoms in total. The molecule has 0 aliphatic heterocycles. The van der Waals surface area contributed by atoms with Crippen molar-refractivity contribution in [3.63, 3.8) is 0 Å². The summed E-state index contributed by atoms with van der Waals surface area (Å²) in [6.45, 7) is 0. The van der Waals surface area contributed by atoms with Crippen LogP contribution in [0.15, 0.2) is 60.5 Å². The van der Waals surface area contributed by atoms with Crippen molar-refractivity contribution in [3.8, 4) is 21.8 Å². The minimum absolute atomic E-state index is 0.0930. The fourth-order valence-corrected chi connectivity index (χ4v) is 4.09. The number of aromatic amines is 1. The number of hydrogen-bond acceptors (Lipinski definition) is 6.